The first-order valence-corrected chi connectivity index (χ1v) is 7.29. The van der Waals surface area contributed by atoms with Gasteiger partial charge in [0.2, 0.25) is 0 Å². The first-order valence-electron chi connectivity index (χ1n) is 6.09. The molecule has 3 N–H and O–H groups in total. The average molecular weight is 367 g/mol. The van der Waals surface area contributed by atoms with Crippen LogP contribution in [-0.4, -0.2) is 10.9 Å². The van der Waals surface area contributed by atoms with E-state index in [1.807, 2.05) is 12.1 Å². The van der Waals surface area contributed by atoms with Gasteiger partial charge in [0.25, 0.3) is 5.91 Å². The van der Waals surface area contributed by atoms with Gasteiger partial charge in [0.05, 0.1) is 0 Å². The normalized spacial score (nSPS) is 10.2. The molecule has 3 nitrogen and oxygen atoms in total. The van der Waals surface area contributed by atoms with E-state index in [-0.39, 0.29) is 11.5 Å². The zero-order chi connectivity index (χ0) is 15.4. The quantitative estimate of drug-likeness (QED) is 0.817. The molecule has 0 saturated carbocycles. The summed E-state index contributed by atoms with van der Waals surface area (Å²) in [5, 5.41) is 2.73. The predicted molar refractivity (Wildman–Crippen MR) is 87.6 cm³/mol. The number of rotatable bonds is 4. The fourth-order valence-corrected chi connectivity index (χ4v) is 2.36. The van der Waals surface area contributed by atoms with Crippen LogP contribution in [0.2, 0.25) is 0 Å². The molecule has 0 radical (unpaired) electrons. The maximum Gasteiger partial charge on any atom is 0.251 e. The SMILES string of the molecule is NC(=S)c1ccc(CNC(=O)c2cc(F)cc(Br)c2)cc1. The molecule has 0 heterocycles. The first kappa shape index (κ1) is 15.6. The number of hydrogen-bond donors (Lipinski definition) is 2. The summed E-state index contributed by atoms with van der Waals surface area (Å²) >= 11 is 8.02. The van der Waals surface area contributed by atoms with Crippen LogP contribution in [0.1, 0.15) is 21.5 Å². The summed E-state index contributed by atoms with van der Waals surface area (Å²) in [4.78, 5) is 12.3. The Morgan fingerprint density at radius 2 is 1.86 bits per heavy atom. The second-order valence-electron chi connectivity index (χ2n) is 4.40. The van der Waals surface area contributed by atoms with Crippen molar-refractivity contribution >= 4 is 39.0 Å². The third-order valence-electron chi connectivity index (χ3n) is 2.82. The zero-order valence-corrected chi connectivity index (χ0v) is 13.3. The Morgan fingerprint density at radius 1 is 1.19 bits per heavy atom. The summed E-state index contributed by atoms with van der Waals surface area (Å²) in [7, 11) is 0. The van der Waals surface area contributed by atoms with Crippen LogP contribution < -0.4 is 11.1 Å². The van der Waals surface area contributed by atoms with Gasteiger partial charge in [-0.1, -0.05) is 52.4 Å². The third kappa shape index (κ3) is 4.34. The number of carbonyl (C=O) groups excluding carboxylic acids is 1. The summed E-state index contributed by atoms with van der Waals surface area (Å²) in [5.41, 5.74) is 7.45. The molecule has 0 fully saturated rings. The lowest BCUT2D eigenvalue weighted by atomic mass is 10.1. The molecule has 0 spiro atoms. The van der Waals surface area contributed by atoms with Gasteiger partial charge in [-0.05, 0) is 23.8 Å². The molecule has 2 aromatic rings. The number of nitrogens with one attached hydrogen (secondary N) is 1. The molecule has 0 unspecified atom stereocenters. The highest BCUT2D eigenvalue weighted by Gasteiger charge is 2.08. The molecule has 2 rings (SSSR count). The van der Waals surface area contributed by atoms with Gasteiger partial charge in [-0.3, -0.25) is 4.79 Å². The largest absolute Gasteiger partial charge is 0.389 e. The van der Waals surface area contributed by atoms with Crippen molar-refractivity contribution in [2.45, 2.75) is 6.54 Å². The van der Waals surface area contributed by atoms with Crippen molar-refractivity contribution in [3.05, 3.63) is 69.4 Å². The molecule has 1 amide bonds. The van der Waals surface area contributed by atoms with Crippen LogP contribution in [0.15, 0.2) is 46.9 Å². The molecule has 21 heavy (non-hydrogen) atoms. The van der Waals surface area contributed by atoms with Crippen molar-refractivity contribution < 1.29 is 9.18 Å². The number of benzene rings is 2. The fraction of sp³-hybridized carbons (Fsp3) is 0.0667. The highest BCUT2D eigenvalue weighted by Crippen LogP contribution is 2.15. The van der Waals surface area contributed by atoms with Gasteiger partial charge in [-0.25, -0.2) is 4.39 Å². The van der Waals surface area contributed by atoms with Crippen LogP contribution in [0.3, 0.4) is 0 Å². The van der Waals surface area contributed by atoms with Crippen LogP contribution in [0.4, 0.5) is 4.39 Å². The van der Waals surface area contributed by atoms with Crippen molar-refractivity contribution in [2.24, 2.45) is 5.73 Å². The van der Waals surface area contributed by atoms with E-state index < -0.39 is 5.82 Å². The number of nitrogens with two attached hydrogens (primary N) is 1. The van der Waals surface area contributed by atoms with Gasteiger partial charge in [-0.15, -0.1) is 0 Å². The Morgan fingerprint density at radius 3 is 2.43 bits per heavy atom. The predicted octanol–water partition coefficient (Wildman–Crippen LogP) is 3.15. The minimum absolute atomic E-state index is 0.265. The first-order chi connectivity index (χ1) is 9.95. The summed E-state index contributed by atoms with van der Waals surface area (Å²) in [6.45, 7) is 0.338. The highest BCUT2D eigenvalue weighted by atomic mass is 79.9. The smallest absolute Gasteiger partial charge is 0.251 e. The molecule has 2 aromatic carbocycles. The molecule has 0 atom stereocenters. The number of halogens is 2. The Kier molecular flexibility index (Phi) is 5.03. The number of hydrogen-bond acceptors (Lipinski definition) is 2. The maximum absolute atomic E-state index is 13.2. The van der Waals surface area contributed by atoms with Crippen molar-refractivity contribution in [3.8, 4) is 0 Å². The molecule has 0 aliphatic heterocycles. The van der Waals surface area contributed by atoms with Gasteiger partial charge >= 0.3 is 0 Å². The molecule has 108 valence electrons. The average Bonchev–Trinajstić information content (AvgIpc) is 2.44. The van der Waals surface area contributed by atoms with E-state index in [1.165, 1.54) is 12.1 Å². The van der Waals surface area contributed by atoms with Gasteiger partial charge in [0, 0.05) is 22.1 Å². The molecule has 0 aliphatic carbocycles. The Hall–Kier alpha value is -1.79. The molecule has 0 saturated heterocycles. The fourth-order valence-electron chi connectivity index (χ4n) is 1.76. The maximum atomic E-state index is 13.2. The zero-order valence-electron chi connectivity index (χ0n) is 10.9. The lowest BCUT2D eigenvalue weighted by Crippen LogP contribution is -2.23. The van der Waals surface area contributed by atoms with Crippen LogP contribution in [-0.2, 0) is 6.54 Å². The van der Waals surface area contributed by atoms with Crippen molar-refractivity contribution in [3.63, 3.8) is 0 Å². The van der Waals surface area contributed by atoms with Crippen LogP contribution >= 0.6 is 28.1 Å². The lowest BCUT2D eigenvalue weighted by Gasteiger charge is -2.07. The summed E-state index contributed by atoms with van der Waals surface area (Å²) in [6, 6.07) is 11.3. The monoisotopic (exact) mass is 366 g/mol. The standard InChI is InChI=1S/C15H12BrFN2OS/c16-12-5-11(6-13(17)7-12)15(20)19-8-9-1-3-10(4-2-9)14(18)21/h1-7H,8H2,(H2,18,21)(H,19,20). The molecular formula is C15H12BrFN2OS. The highest BCUT2D eigenvalue weighted by molar-refractivity contribution is 9.10. The Labute approximate surface area is 135 Å². The topological polar surface area (TPSA) is 55.1 Å². The third-order valence-corrected chi connectivity index (χ3v) is 3.51. The lowest BCUT2D eigenvalue weighted by molar-refractivity contribution is 0.0950. The van der Waals surface area contributed by atoms with E-state index >= 15 is 0 Å². The van der Waals surface area contributed by atoms with E-state index in [9.17, 15) is 9.18 Å². The van der Waals surface area contributed by atoms with E-state index in [4.69, 9.17) is 18.0 Å². The molecular weight excluding hydrogens is 355 g/mol. The minimum Gasteiger partial charge on any atom is -0.389 e. The van der Waals surface area contributed by atoms with Crippen LogP contribution in [0.25, 0.3) is 0 Å². The van der Waals surface area contributed by atoms with Crippen LogP contribution in [0.5, 0.6) is 0 Å². The van der Waals surface area contributed by atoms with E-state index in [1.54, 1.807) is 18.2 Å². The summed E-state index contributed by atoms with van der Waals surface area (Å²) in [6.07, 6.45) is 0. The van der Waals surface area contributed by atoms with Crippen molar-refractivity contribution in [1.29, 1.82) is 0 Å². The van der Waals surface area contributed by atoms with Gasteiger partial charge < -0.3 is 11.1 Å². The van der Waals surface area contributed by atoms with E-state index in [2.05, 4.69) is 21.2 Å². The Bertz CT molecular complexity index is 668. The number of carbonyl (C=O) groups is 1. The van der Waals surface area contributed by atoms with Gasteiger partial charge in [0.15, 0.2) is 0 Å². The second kappa shape index (κ2) is 6.78. The van der Waals surface area contributed by atoms with Gasteiger partial charge in [0.1, 0.15) is 10.8 Å². The molecule has 0 bridgehead atoms. The number of amides is 1. The summed E-state index contributed by atoms with van der Waals surface area (Å²) in [5.74, 6) is -0.802. The van der Waals surface area contributed by atoms with Crippen molar-refractivity contribution in [1.82, 2.24) is 5.32 Å². The van der Waals surface area contributed by atoms with Crippen LogP contribution in [0, 0.1) is 5.82 Å². The molecule has 0 aliphatic rings. The second-order valence-corrected chi connectivity index (χ2v) is 5.76. The van der Waals surface area contributed by atoms with E-state index in [0.29, 0.717) is 16.0 Å². The molecule has 6 heteroatoms. The van der Waals surface area contributed by atoms with Gasteiger partial charge in [-0.2, -0.15) is 0 Å². The Balaban J connectivity index is 2.02. The van der Waals surface area contributed by atoms with Crippen molar-refractivity contribution in [2.75, 3.05) is 0 Å². The number of thiocarbonyl (C=S) groups is 1. The minimum atomic E-state index is -0.463. The summed E-state index contributed by atoms with van der Waals surface area (Å²) < 4.78 is 13.8. The molecule has 0 aromatic heterocycles. The van der Waals surface area contributed by atoms with E-state index in [0.717, 1.165) is 11.1 Å².